The molecule has 0 spiro atoms. The van der Waals surface area contributed by atoms with E-state index in [0.717, 1.165) is 5.56 Å². The van der Waals surface area contributed by atoms with Crippen LogP contribution < -0.4 is 5.32 Å². The van der Waals surface area contributed by atoms with Gasteiger partial charge in [-0.15, -0.1) is 0 Å². The first-order valence-electron chi connectivity index (χ1n) is 5.27. The minimum Gasteiger partial charge on any atom is -0.480 e. The van der Waals surface area contributed by atoms with E-state index >= 15 is 0 Å². The Morgan fingerprint density at radius 2 is 2.06 bits per heavy atom. The monoisotopic (exact) mass is 253 g/mol. The fraction of sp³-hybridized carbons (Fsp3) is 0.333. The summed E-state index contributed by atoms with van der Waals surface area (Å²) in [5.41, 5.74) is 0.188. The van der Waals surface area contributed by atoms with Crippen molar-refractivity contribution in [2.75, 3.05) is 5.32 Å². The molecule has 1 aliphatic rings. The Morgan fingerprint density at radius 3 is 2.59 bits per heavy atom. The number of aryl methyl sites for hydroxylation is 1. The van der Waals surface area contributed by atoms with Gasteiger partial charge in [0.15, 0.2) is 0 Å². The number of halogens is 1. The number of aliphatic carboxylic acids is 1. The van der Waals surface area contributed by atoms with Gasteiger partial charge in [0, 0.05) is 10.7 Å². The van der Waals surface area contributed by atoms with Crippen molar-refractivity contribution in [3.63, 3.8) is 0 Å². The number of hydrogen-bond donors (Lipinski definition) is 2. The van der Waals surface area contributed by atoms with Gasteiger partial charge in [-0.3, -0.25) is 9.59 Å². The lowest BCUT2D eigenvalue weighted by Crippen LogP contribution is -2.31. The molecular weight excluding hydrogens is 242 g/mol. The average molecular weight is 254 g/mol. The SMILES string of the molecule is Cc1ccc(Cl)cc1NC(=O)C1(C(=O)O)CC1. The minimum absolute atomic E-state index is 0.397. The lowest BCUT2D eigenvalue weighted by Gasteiger charge is -2.12. The standard InChI is InChI=1S/C12H12ClNO3/c1-7-2-3-8(13)6-9(7)14-10(15)12(4-5-12)11(16)17/h2-3,6H,4-5H2,1H3,(H,14,15)(H,16,17). The van der Waals surface area contributed by atoms with Gasteiger partial charge in [0.2, 0.25) is 5.91 Å². The lowest BCUT2D eigenvalue weighted by atomic mass is 10.1. The Balaban J connectivity index is 2.19. The van der Waals surface area contributed by atoms with Crippen LogP contribution >= 0.6 is 11.6 Å². The Bertz CT molecular complexity index is 495. The molecule has 1 aromatic rings. The number of benzene rings is 1. The molecule has 0 aromatic heterocycles. The van der Waals surface area contributed by atoms with Crippen molar-refractivity contribution in [3.8, 4) is 0 Å². The first-order valence-corrected chi connectivity index (χ1v) is 5.64. The van der Waals surface area contributed by atoms with Gasteiger partial charge >= 0.3 is 5.97 Å². The van der Waals surface area contributed by atoms with E-state index in [-0.39, 0.29) is 0 Å². The summed E-state index contributed by atoms with van der Waals surface area (Å²) in [6.07, 6.45) is 0.793. The Hall–Kier alpha value is -1.55. The number of hydrogen-bond acceptors (Lipinski definition) is 2. The zero-order chi connectivity index (χ0) is 12.6. The molecule has 4 nitrogen and oxygen atoms in total. The molecule has 2 rings (SSSR count). The highest BCUT2D eigenvalue weighted by Gasteiger charge is 2.57. The van der Waals surface area contributed by atoms with Gasteiger partial charge in [-0.05, 0) is 37.5 Å². The molecule has 0 atom stereocenters. The third-order valence-electron chi connectivity index (χ3n) is 3.04. The van der Waals surface area contributed by atoms with Crippen molar-refractivity contribution >= 4 is 29.2 Å². The first kappa shape index (κ1) is 11.9. The van der Waals surface area contributed by atoms with E-state index in [4.69, 9.17) is 16.7 Å². The van der Waals surface area contributed by atoms with E-state index in [1.54, 1.807) is 18.2 Å². The molecular formula is C12H12ClNO3. The third-order valence-corrected chi connectivity index (χ3v) is 3.28. The molecule has 0 heterocycles. The zero-order valence-electron chi connectivity index (χ0n) is 9.29. The van der Waals surface area contributed by atoms with Crippen LogP contribution in [0.2, 0.25) is 5.02 Å². The molecule has 0 radical (unpaired) electrons. The number of amides is 1. The summed E-state index contributed by atoms with van der Waals surface area (Å²) in [6.45, 7) is 1.83. The highest BCUT2D eigenvalue weighted by Crippen LogP contribution is 2.46. The van der Waals surface area contributed by atoms with Gasteiger partial charge in [-0.1, -0.05) is 17.7 Å². The van der Waals surface area contributed by atoms with Crippen LogP contribution in [0, 0.1) is 12.3 Å². The molecule has 17 heavy (non-hydrogen) atoms. The maximum Gasteiger partial charge on any atom is 0.319 e. The summed E-state index contributed by atoms with van der Waals surface area (Å²) in [5.74, 6) is -1.52. The minimum atomic E-state index is -1.23. The number of anilines is 1. The molecule has 2 N–H and O–H groups in total. The van der Waals surface area contributed by atoms with Crippen LogP contribution in [0.4, 0.5) is 5.69 Å². The summed E-state index contributed by atoms with van der Waals surface area (Å²) in [6, 6.07) is 5.11. The summed E-state index contributed by atoms with van der Waals surface area (Å²) < 4.78 is 0. The van der Waals surface area contributed by atoms with Crippen molar-refractivity contribution < 1.29 is 14.7 Å². The van der Waals surface area contributed by atoms with Gasteiger partial charge in [-0.2, -0.15) is 0 Å². The predicted molar refractivity (Wildman–Crippen MR) is 64.1 cm³/mol. The van der Waals surface area contributed by atoms with Crippen LogP contribution in [0.5, 0.6) is 0 Å². The van der Waals surface area contributed by atoms with E-state index in [9.17, 15) is 9.59 Å². The summed E-state index contributed by atoms with van der Waals surface area (Å²) >= 11 is 5.83. The Labute approximate surface area is 104 Å². The van der Waals surface area contributed by atoms with Crippen LogP contribution in [0.1, 0.15) is 18.4 Å². The number of carbonyl (C=O) groups is 2. The predicted octanol–water partition coefficient (Wildman–Crippen LogP) is 2.45. The van der Waals surface area contributed by atoms with Gasteiger partial charge in [0.05, 0.1) is 0 Å². The quantitative estimate of drug-likeness (QED) is 0.813. The second-order valence-corrected chi connectivity index (χ2v) is 4.74. The second-order valence-electron chi connectivity index (χ2n) is 4.30. The number of carboxylic acid groups (broad SMARTS) is 1. The number of nitrogens with one attached hydrogen (secondary N) is 1. The number of rotatable bonds is 3. The van der Waals surface area contributed by atoms with Crippen LogP contribution in [0.15, 0.2) is 18.2 Å². The lowest BCUT2D eigenvalue weighted by molar-refractivity contribution is -0.147. The van der Waals surface area contributed by atoms with Crippen LogP contribution in [-0.4, -0.2) is 17.0 Å². The first-order chi connectivity index (χ1) is 7.95. The van der Waals surface area contributed by atoms with Gasteiger partial charge < -0.3 is 10.4 Å². The van der Waals surface area contributed by atoms with Crippen molar-refractivity contribution in [1.82, 2.24) is 0 Å². The topological polar surface area (TPSA) is 66.4 Å². The number of carboxylic acids is 1. The van der Waals surface area contributed by atoms with E-state index in [2.05, 4.69) is 5.32 Å². The average Bonchev–Trinajstić information content (AvgIpc) is 3.04. The van der Waals surface area contributed by atoms with E-state index < -0.39 is 17.3 Å². The summed E-state index contributed by atoms with van der Waals surface area (Å²) in [4.78, 5) is 22.8. The van der Waals surface area contributed by atoms with E-state index in [1.807, 2.05) is 6.92 Å². The van der Waals surface area contributed by atoms with Gasteiger partial charge in [0.1, 0.15) is 5.41 Å². The maximum absolute atomic E-state index is 11.9. The highest BCUT2D eigenvalue weighted by atomic mass is 35.5. The van der Waals surface area contributed by atoms with Crippen molar-refractivity contribution in [1.29, 1.82) is 0 Å². The maximum atomic E-state index is 11.9. The van der Waals surface area contributed by atoms with E-state index in [0.29, 0.717) is 23.6 Å². The fourth-order valence-electron chi connectivity index (χ4n) is 1.63. The molecule has 0 bridgehead atoms. The summed E-state index contributed by atoms with van der Waals surface area (Å²) in [7, 11) is 0. The molecule has 90 valence electrons. The van der Waals surface area contributed by atoms with Gasteiger partial charge in [0.25, 0.3) is 0 Å². The normalized spacial score (nSPS) is 16.4. The molecule has 1 aliphatic carbocycles. The van der Waals surface area contributed by atoms with Crippen molar-refractivity contribution in [3.05, 3.63) is 28.8 Å². The molecule has 0 unspecified atom stereocenters. The summed E-state index contributed by atoms with van der Waals surface area (Å²) in [5, 5.41) is 12.1. The molecule has 1 amide bonds. The second kappa shape index (κ2) is 4.04. The molecule has 1 aromatic carbocycles. The molecule has 0 aliphatic heterocycles. The number of carbonyl (C=O) groups excluding carboxylic acids is 1. The molecule has 1 saturated carbocycles. The largest absolute Gasteiger partial charge is 0.480 e. The Morgan fingerprint density at radius 1 is 1.41 bits per heavy atom. The zero-order valence-corrected chi connectivity index (χ0v) is 10.0. The van der Waals surface area contributed by atoms with Crippen LogP contribution in [-0.2, 0) is 9.59 Å². The Kier molecular flexibility index (Phi) is 2.83. The molecule has 0 saturated heterocycles. The van der Waals surface area contributed by atoms with E-state index in [1.165, 1.54) is 0 Å². The highest BCUT2D eigenvalue weighted by molar-refractivity contribution is 6.31. The van der Waals surface area contributed by atoms with Gasteiger partial charge in [-0.25, -0.2) is 0 Å². The smallest absolute Gasteiger partial charge is 0.319 e. The molecule has 1 fully saturated rings. The van der Waals surface area contributed by atoms with Crippen molar-refractivity contribution in [2.45, 2.75) is 19.8 Å². The fourth-order valence-corrected chi connectivity index (χ4v) is 1.81. The van der Waals surface area contributed by atoms with Crippen molar-refractivity contribution in [2.24, 2.45) is 5.41 Å². The third kappa shape index (κ3) is 2.13. The van der Waals surface area contributed by atoms with Crippen LogP contribution in [0.25, 0.3) is 0 Å². The molecule has 5 heteroatoms. The van der Waals surface area contributed by atoms with Crippen LogP contribution in [0.3, 0.4) is 0 Å².